The molecule has 0 saturated heterocycles. The van der Waals surface area contributed by atoms with Crippen molar-refractivity contribution in [2.45, 2.75) is 40.3 Å². The topological polar surface area (TPSA) is 116 Å². The number of rotatable bonds is 8. The summed E-state index contributed by atoms with van der Waals surface area (Å²) in [7, 11) is 1.83. The second-order valence-corrected chi connectivity index (χ2v) is 8.45. The van der Waals surface area contributed by atoms with E-state index >= 15 is 0 Å². The molecule has 1 aliphatic heterocycles. The minimum atomic E-state index is 0.0218. The van der Waals surface area contributed by atoms with Gasteiger partial charge >= 0.3 is 0 Å². The molecule has 0 saturated carbocycles. The monoisotopic (exact) mass is 505 g/mol. The summed E-state index contributed by atoms with van der Waals surface area (Å²) < 4.78 is 0. The molecule has 0 radical (unpaired) electrons. The highest BCUT2D eigenvalue weighted by molar-refractivity contribution is 5.81. The molecule has 3 aromatic rings. The third-order valence-corrected chi connectivity index (χ3v) is 5.78. The van der Waals surface area contributed by atoms with Crippen LogP contribution in [0.15, 0.2) is 60.9 Å². The molecule has 2 heterocycles. The number of hydrogen-bond acceptors (Lipinski definition) is 7. The van der Waals surface area contributed by atoms with Crippen LogP contribution >= 0.6 is 0 Å². The molecular formula is C28H39N7O2. The number of aromatic nitrogens is 2. The number of primary amides is 1. The zero-order valence-corrected chi connectivity index (χ0v) is 22.3. The number of nitrogens with zero attached hydrogens (tertiary/aromatic N) is 4. The van der Waals surface area contributed by atoms with Crippen LogP contribution in [0.3, 0.4) is 0 Å². The third-order valence-electron chi connectivity index (χ3n) is 5.78. The first-order valence-electron chi connectivity index (χ1n) is 12.5. The molecule has 2 amide bonds. The highest BCUT2D eigenvalue weighted by Gasteiger charge is 2.24. The van der Waals surface area contributed by atoms with Gasteiger partial charge in [0.1, 0.15) is 0 Å². The van der Waals surface area contributed by atoms with Crippen LogP contribution < -0.4 is 16.4 Å². The number of nitrogens with two attached hydrogens (primary N) is 1. The average molecular weight is 506 g/mol. The van der Waals surface area contributed by atoms with Crippen molar-refractivity contribution >= 4 is 18.0 Å². The fourth-order valence-electron chi connectivity index (χ4n) is 3.72. The van der Waals surface area contributed by atoms with E-state index in [2.05, 4.69) is 57.3 Å². The van der Waals surface area contributed by atoms with Crippen LogP contribution in [0.5, 0.6) is 0 Å². The molecule has 37 heavy (non-hydrogen) atoms. The van der Waals surface area contributed by atoms with Gasteiger partial charge in [0.2, 0.25) is 6.41 Å². The lowest BCUT2D eigenvalue weighted by Crippen LogP contribution is -2.43. The number of carbonyl (C=O) groups excluding carboxylic acids is 2. The second kappa shape index (κ2) is 16.0. The van der Waals surface area contributed by atoms with Crippen LogP contribution in [0, 0.1) is 6.92 Å². The number of fused-ring (bicyclic) bond motifs is 1. The Morgan fingerprint density at radius 3 is 2.24 bits per heavy atom. The van der Waals surface area contributed by atoms with Crippen molar-refractivity contribution < 1.29 is 9.59 Å². The molecule has 0 spiro atoms. The molecular weight excluding hydrogens is 466 g/mol. The van der Waals surface area contributed by atoms with Crippen LogP contribution in [0.1, 0.15) is 37.0 Å². The molecule has 198 valence electrons. The summed E-state index contributed by atoms with van der Waals surface area (Å²) in [5.41, 5.74) is 9.63. The molecule has 9 heteroatoms. The lowest BCUT2D eigenvalue weighted by molar-refractivity contribution is -0.144. The van der Waals surface area contributed by atoms with Gasteiger partial charge in [-0.3, -0.25) is 14.6 Å². The number of hydrazine groups is 1. The van der Waals surface area contributed by atoms with Gasteiger partial charge in [-0.15, -0.1) is 0 Å². The van der Waals surface area contributed by atoms with Gasteiger partial charge in [0.25, 0.3) is 5.91 Å². The number of anilines is 1. The van der Waals surface area contributed by atoms with Gasteiger partial charge in [0, 0.05) is 43.8 Å². The maximum absolute atomic E-state index is 12.7. The number of likely N-dealkylation sites (N-methyl/N-ethyl adjacent to an activating group) is 1. The minimum Gasteiger partial charge on any atom is -0.376 e. The summed E-state index contributed by atoms with van der Waals surface area (Å²) >= 11 is 0. The van der Waals surface area contributed by atoms with E-state index in [0.717, 1.165) is 43.0 Å². The number of nitrogens with one attached hydrogen (secondary N) is 2. The van der Waals surface area contributed by atoms with Gasteiger partial charge in [-0.25, -0.2) is 15.0 Å². The van der Waals surface area contributed by atoms with Crippen molar-refractivity contribution in [3.8, 4) is 11.4 Å². The maximum atomic E-state index is 12.7. The molecule has 0 atom stereocenters. The largest absolute Gasteiger partial charge is 0.376 e. The predicted molar refractivity (Wildman–Crippen MR) is 148 cm³/mol. The second-order valence-electron chi connectivity index (χ2n) is 8.45. The fourth-order valence-corrected chi connectivity index (χ4v) is 3.72. The van der Waals surface area contributed by atoms with Crippen LogP contribution in [0.2, 0.25) is 0 Å². The highest BCUT2D eigenvalue weighted by atomic mass is 16.2. The van der Waals surface area contributed by atoms with E-state index in [4.69, 9.17) is 4.79 Å². The standard InChI is InChI=1S/C22H23N5O.C5H13N.CH3NO/c1-16-8-9-17(22-23-10-5-11-24-22)12-20(16)25-13-21(28)26(2)27-14-18-6-3-4-7-19(18)15-27;1-3-5-6-4-2;2-1-3/h3-12,25H,13-15H2,1-2H3;6H,3-5H2,1-2H3;1H,(H2,2,3). The molecule has 0 aliphatic carbocycles. The predicted octanol–water partition coefficient (Wildman–Crippen LogP) is 3.36. The summed E-state index contributed by atoms with van der Waals surface area (Å²) in [6, 6.07) is 16.1. The lowest BCUT2D eigenvalue weighted by Gasteiger charge is -2.28. The van der Waals surface area contributed by atoms with Gasteiger partial charge in [0.15, 0.2) is 5.82 Å². The first-order valence-corrected chi connectivity index (χ1v) is 12.5. The van der Waals surface area contributed by atoms with Crippen LogP contribution in [-0.4, -0.2) is 59.0 Å². The van der Waals surface area contributed by atoms with Crippen LogP contribution in [-0.2, 0) is 22.7 Å². The molecule has 1 aliphatic rings. The summed E-state index contributed by atoms with van der Waals surface area (Å²) in [4.78, 5) is 29.9. The Morgan fingerprint density at radius 1 is 1.08 bits per heavy atom. The van der Waals surface area contributed by atoms with Crippen molar-refractivity contribution in [1.29, 1.82) is 0 Å². The van der Waals surface area contributed by atoms with Crippen molar-refractivity contribution in [2.75, 3.05) is 32.0 Å². The van der Waals surface area contributed by atoms with E-state index in [9.17, 15) is 4.79 Å². The fraction of sp³-hybridized carbons (Fsp3) is 0.357. The summed E-state index contributed by atoms with van der Waals surface area (Å²) in [5.74, 6) is 0.692. The summed E-state index contributed by atoms with van der Waals surface area (Å²) in [5, 5.41) is 10.3. The molecule has 0 fully saturated rings. The summed E-state index contributed by atoms with van der Waals surface area (Å²) in [6.45, 7) is 10.3. The normalized spacial score (nSPS) is 11.8. The molecule has 0 unspecified atom stereocenters. The number of carbonyl (C=O) groups is 2. The Morgan fingerprint density at radius 2 is 1.70 bits per heavy atom. The van der Waals surface area contributed by atoms with Crippen molar-refractivity contribution in [2.24, 2.45) is 5.73 Å². The Bertz CT molecular complexity index is 1080. The highest BCUT2D eigenvalue weighted by Crippen LogP contribution is 2.24. The average Bonchev–Trinajstić information content (AvgIpc) is 3.36. The number of aryl methyl sites for hydroxylation is 1. The first kappa shape index (κ1) is 29.4. The summed E-state index contributed by atoms with van der Waals surface area (Å²) in [6.07, 6.45) is 4.94. The van der Waals surface area contributed by atoms with E-state index in [0.29, 0.717) is 5.82 Å². The number of hydrogen-bond donors (Lipinski definition) is 3. The molecule has 4 N–H and O–H groups in total. The van der Waals surface area contributed by atoms with Gasteiger partial charge in [-0.05, 0) is 55.3 Å². The molecule has 9 nitrogen and oxygen atoms in total. The molecule has 4 rings (SSSR count). The van der Waals surface area contributed by atoms with Gasteiger partial charge in [-0.2, -0.15) is 0 Å². The quantitative estimate of drug-likeness (QED) is 0.317. The van der Waals surface area contributed by atoms with E-state index in [1.165, 1.54) is 17.5 Å². The van der Waals surface area contributed by atoms with Crippen molar-refractivity contribution in [1.82, 2.24) is 25.3 Å². The van der Waals surface area contributed by atoms with Gasteiger partial charge < -0.3 is 16.4 Å². The molecule has 0 bridgehead atoms. The Balaban J connectivity index is 0.000000464. The molecule has 2 aromatic carbocycles. The van der Waals surface area contributed by atoms with E-state index in [-0.39, 0.29) is 18.9 Å². The van der Waals surface area contributed by atoms with Crippen molar-refractivity contribution in [3.05, 3.63) is 77.6 Å². The van der Waals surface area contributed by atoms with E-state index in [1.807, 2.05) is 44.3 Å². The third kappa shape index (κ3) is 9.29. The van der Waals surface area contributed by atoms with Crippen molar-refractivity contribution in [3.63, 3.8) is 0 Å². The van der Waals surface area contributed by atoms with E-state index in [1.54, 1.807) is 23.5 Å². The van der Waals surface area contributed by atoms with Crippen LogP contribution in [0.25, 0.3) is 11.4 Å². The Hall–Kier alpha value is -3.82. The minimum absolute atomic E-state index is 0.0218. The number of amides is 2. The van der Waals surface area contributed by atoms with Crippen LogP contribution in [0.4, 0.5) is 5.69 Å². The van der Waals surface area contributed by atoms with E-state index < -0.39 is 0 Å². The first-order chi connectivity index (χ1) is 17.9. The SMILES string of the molecule is CCCNCC.Cc1ccc(-c2ncccn2)cc1NCC(=O)N(C)N1Cc2ccccc2C1.NC=O. The number of benzene rings is 2. The zero-order valence-electron chi connectivity index (χ0n) is 22.3. The van der Waals surface area contributed by atoms with Gasteiger partial charge in [-0.1, -0.05) is 50.2 Å². The molecule has 1 aromatic heterocycles. The Labute approximate surface area is 220 Å². The Kier molecular flexibility index (Phi) is 12.7. The van der Waals surface area contributed by atoms with Gasteiger partial charge in [0.05, 0.1) is 6.54 Å². The smallest absolute Gasteiger partial charge is 0.255 e. The maximum Gasteiger partial charge on any atom is 0.255 e. The lowest BCUT2D eigenvalue weighted by atomic mass is 10.1. The zero-order chi connectivity index (χ0) is 27.0.